The van der Waals surface area contributed by atoms with Gasteiger partial charge in [0.05, 0.1) is 0 Å². The van der Waals surface area contributed by atoms with E-state index in [0.29, 0.717) is 0 Å². The highest BCUT2D eigenvalue weighted by molar-refractivity contribution is 9.10. The van der Waals surface area contributed by atoms with Crippen LogP contribution in [0.25, 0.3) is 0 Å². The van der Waals surface area contributed by atoms with Crippen molar-refractivity contribution >= 4 is 37.6 Å². The Bertz CT molecular complexity index is 528. The predicted molar refractivity (Wildman–Crippen MR) is 64.2 cm³/mol. The molecule has 0 atom stereocenters. The van der Waals surface area contributed by atoms with Gasteiger partial charge in [0, 0.05) is 19.5 Å². The zero-order valence-corrected chi connectivity index (χ0v) is 12.7. The van der Waals surface area contributed by atoms with Crippen molar-refractivity contribution in [3.63, 3.8) is 0 Å². The molecule has 19 heavy (non-hydrogen) atoms. The van der Waals surface area contributed by atoms with Crippen LogP contribution in [-0.2, 0) is 17.1 Å². The van der Waals surface area contributed by atoms with Gasteiger partial charge in [-0.15, -0.1) is 16.7 Å². The molecular weight excluding hydrogens is 377 g/mol. The summed E-state index contributed by atoms with van der Waals surface area (Å²) in [7, 11) is -3.13. The minimum absolute atomic E-state index is 0.156. The fourth-order valence-corrected chi connectivity index (χ4v) is 4.06. The van der Waals surface area contributed by atoms with Crippen LogP contribution in [0.2, 0.25) is 0 Å². The molecular formula is C7H9BrClF3N4O2S. The lowest BCUT2D eigenvalue weighted by molar-refractivity contribution is -0.135. The minimum Gasteiger partial charge on any atom is -0.235 e. The van der Waals surface area contributed by atoms with Gasteiger partial charge in [-0.1, -0.05) is 5.21 Å². The Morgan fingerprint density at radius 3 is 2.42 bits per heavy atom. The maximum atomic E-state index is 12.4. The molecule has 6 nitrogen and oxygen atoms in total. The second-order valence-corrected chi connectivity index (χ2v) is 6.43. The molecule has 0 spiro atoms. The van der Waals surface area contributed by atoms with Crippen LogP contribution in [0.5, 0.6) is 0 Å². The summed E-state index contributed by atoms with van der Waals surface area (Å²) in [5, 5.41) is 6.40. The first kappa shape index (κ1) is 16.7. The standard InChI is InChI=1S/C7H9BrClF3N4O2S/c1-15-6(5(8)13-14-15)19(17,18)16(3-2-9)4-7(10,11)12/h2-4H2,1H3. The average molecular weight is 386 g/mol. The van der Waals surface area contributed by atoms with Gasteiger partial charge in [0.1, 0.15) is 6.54 Å². The van der Waals surface area contributed by atoms with Crippen LogP contribution in [0.4, 0.5) is 13.2 Å². The van der Waals surface area contributed by atoms with E-state index < -0.39 is 34.3 Å². The molecule has 1 aromatic rings. The number of aryl methyl sites for hydroxylation is 1. The summed E-state index contributed by atoms with van der Waals surface area (Å²) in [4.78, 5) is 0. The Kier molecular flexibility index (Phi) is 5.21. The summed E-state index contributed by atoms with van der Waals surface area (Å²) in [6, 6.07) is 0. The molecule has 0 aliphatic rings. The van der Waals surface area contributed by atoms with E-state index >= 15 is 0 Å². The summed E-state index contributed by atoms with van der Waals surface area (Å²) in [5.74, 6) is -0.266. The maximum absolute atomic E-state index is 12.4. The lowest BCUT2D eigenvalue weighted by Crippen LogP contribution is -2.40. The molecule has 1 heterocycles. The first-order chi connectivity index (χ1) is 8.59. The lowest BCUT2D eigenvalue weighted by Gasteiger charge is -2.22. The second kappa shape index (κ2) is 5.94. The van der Waals surface area contributed by atoms with Gasteiger partial charge in [-0.2, -0.15) is 17.5 Å². The van der Waals surface area contributed by atoms with Crippen molar-refractivity contribution < 1.29 is 21.6 Å². The molecule has 0 bridgehead atoms. The van der Waals surface area contributed by atoms with Gasteiger partial charge in [0.15, 0.2) is 4.60 Å². The van der Waals surface area contributed by atoms with Gasteiger partial charge >= 0.3 is 6.18 Å². The third-order valence-corrected chi connectivity index (χ3v) is 4.91. The van der Waals surface area contributed by atoms with E-state index in [1.165, 1.54) is 7.05 Å². The van der Waals surface area contributed by atoms with E-state index in [1.807, 2.05) is 0 Å². The Hall–Kier alpha value is -0.390. The molecule has 0 N–H and O–H groups in total. The van der Waals surface area contributed by atoms with Crippen molar-refractivity contribution in [3.05, 3.63) is 4.60 Å². The van der Waals surface area contributed by atoms with Gasteiger partial charge in [0.2, 0.25) is 5.03 Å². The second-order valence-electron chi connectivity index (χ2n) is 3.45. The largest absolute Gasteiger partial charge is 0.402 e. The number of nitrogens with zero attached hydrogens (tertiary/aromatic N) is 4. The molecule has 110 valence electrons. The predicted octanol–water partition coefficient (Wildman–Crippen LogP) is 1.37. The number of alkyl halides is 4. The van der Waals surface area contributed by atoms with E-state index in [9.17, 15) is 21.6 Å². The quantitative estimate of drug-likeness (QED) is 0.718. The molecule has 0 radical (unpaired) electrons. The minimum atomic E-state index is -4.67. The van der Waals surface area contributed by atoms with Gasteiger partial charge in [-0.25, -0.2) is 13.1 Å². The summed E-state index contributed by atoms with van der Waals surface area (Å²) < 4.78 is 62.4. The molecule has 1 rings (SSSR count). The van der Waals surface area contributed by atoms with Crippen molar-refractivity contribution in [3.8, 4) is 0 Å². The van der Waals surface area contributed by atoms with Gasteiger partial charge in [0.25, 0.3) is 10.0 Å². The molecule has 0 saturated carbocycles. The Balaban J connectivity index is 3.21. The van der Waals surface area contributed by atoms with Crippen LogP contribution in [-0.4, -0.2) is 52.9 Å². The number of rotatable bonds is 5. The summed E-state index contributed by atoms with van der Waals surface area (Å²) in [5.41, 5.74) is 0. The van der Waals surface area contributed by atoms with Crippen molar-refractivity contribution in [1.82, 2.24) is 19.3 Å². The fourth-order valence-electron chi connectivity index (χ4n) is 1.30. The van der Waals surface area contributed by atoms with Crippen molar-refractivity contribution in [1.29, 1.82) is 0 Å². The molecule has 0 saturated heterocycles. The van der Waals surface area contributed by atoms with E-state index in [4.69, 9.17) is 11.6 Å². The van der Waals surface area contributed by atoms with Crippen LogP contribution in [0.15, 0.2) is 9.63 Å². The first-order valence-corrected chi connectivity index (χ1v) is 7.54. The highest BCUT2D eigenvalue weighted by atomic mass is 79.9. The Labute approximate surface area is 120 Å². The van der Waals surface area contributed by atoms with Crippen molar-refractivity contribution in [2.75, 3.05) is 19.0 Å². The third-order valence-electron chi connectivity index (χ3n) is 2.01. The molecule has 0 aliphatic carbocycles. The lowest BCUT2D eigenvalue weighted by atomic mass is 10.6. The number of hydrogen-bond acceptors (Lipinski definition) is 4. The van der Waals surface area contributed by atoms with Gasteiger partial charge in [-0.3, -0.25) is 0 Å². The van der Waals surface area contributed by atoms with Gasteiger partial charge in [-0.05, 0) is 15.9 Å². The van der Waals surface area contributed by atoms with Crippen LogP contribution in [0.3, 0.4) is 0 Å². The summed E-state index contributed by atoms with van der Waals surface area (Å²) in [6.45, 7) is -2.10. The summed E-state index contributed by atoms with van der Waals surface area (Å²) >= 11 is 8.19. The topological polar surface area (TPSA) is 68.1 Å². The Morgan fingerprint density at radius 1 is 1.47 bits per heavy atom. The molecule has 1 aromatic heterocycles. The van der Waals surface area contributed by atoms with E-state index in [1.54, 1.807) is 0 Å². The summed E-state index contributed by atoms with van der Waals surface area (Å²) in [6.07, 6.45) is -4.67. The Morgan fingerprint density at radius 2 is 2.05 bits per heavy atom. The van der Waals surface area contributed by atoms with Crippen molar-refractivity contribution in [2.24, 2.45) is 7.05 Å². The maximum Gasteiger partial charge on any atom is 0.402 e. The molecule has 0 aliphatic heterocycles. The zero-order valence-electron chi connectivity index (χ0n) is 9.52. The van der Waals surface area contributed by atoms with Crippen LogP contribution >= 0.6 is 27.5 Å². The first-order valence-electron chi connectivity index (χ1n) is 4.77. The fraction of sp³-hybridized carbons (Fsp3) is 0.714. The SMILES string of the molecule is Cn1nnc(Br)c1S(=O)(=O)N(CCCl)CC(F)(F)F. The average Bonchev–Trinajstić information content (AvgIpc) is 2.56. The highest BCUT2D eigenvalue weighted by Crippen LogP contribution is 2.25. The zero-order chi connectivity index (χ0) is 14.8. The highest BCUT2D eigenvalue weighted by Gasteiger charge is 2.39. The van der Waals surface area contributed by atoms with Crippen molar-refractivity contribution in [2.45, 2.75) is 11.2 Å². The van der Waals surface area contributed by atoms with E-state index in [2.05, 4.69) is 26.2 Å². The van der Waals surface area contributed by atoms with E-state index in [0.717, 1.165) is 4.68 Å². The van der Waals surface area contributed by atoms with E-state index in [-0.39, 0.29) is 14.8 Å². The smallest absolute Gasteiger partial charge is 0.235 e. The normalized spacial score (nSPS) is 13.2. The van der Waals surface area contributed by atoms with Crippen LogP contribution in [0, 0.1) is 0 Å². The monoisotopic (exact) mass is 384 g/mol. The van der Waals surface area contributed by atoms with Gasteiger partial charge < -0.3 is 0 Å². The molecule has 0 amide bonds. The third kappa shape index (κ3) is 4.04. The molecule has 0 unspecified atom stereocenters. The molecule has 0 fully saturated rings. The van der Waals surface area contributed by atoms with Crippen LogP contribution < -0.4 is 0 Å². The number of halogens is 5. The number of sulfonamides is 1. The molecule has 0 aromatic carbocycles. The number of hydrogen-bond donors (Lipinski definition) is 0. The molecule has 12 heteroatoms. The van der Waals surface area contributed by atoms with Crippen LogP contribution in [0.1, 0.15) is 0 Å². The number of aromatic nitrogens is 3.